The predicted molar refractivity (Wildman–Crippen MR) is 121 cm³/mol. The van der Waals surface area contributed by atoms with Gasteiger partial charge in [0.25, 0.3) is 5.69 Å². The highest BCUT2D eigenvalue weighted by Crippen LogP contribution is 2.45. The number of rotatable bonds is 3. The molecule has 5 rings (SSSR count). The Morgan fingerprint density at radius 2 is 1.20 bits per heavy atom. The average molecular weight is 391 g/mol. The molecule has 5 aromatic rings. The highest BCUT2D eigenvalue weighted by Gasteiger charge is 2.18. The molecule has 0 unspecified atom stereocenters. The molecule has 0 aromatic heterocycles. The van der Waals surface area contributed by atoms with Crippen LogP contribution >= 0.6 is 0 Å². The molecular formula is C26H17NO3. The van der Waals surface area contributed by atoms with Crippen molar-refractivity contribution in [2.24, 2.45) is 0 Å². The third-order valence-corrected chi connectivity index (χ3v) is 5.48. The maximum absolute atomic E-state index is 11.1. The topological polar surface area (TPSA) is 63.4 Å². The first-order valence-corrected chi connectivity index (χ1v) is 9.61. The molecule has 4 heteroatoms. The van der Waals surface area contributed by atoms with Gasteiger partial charge in [0.15, 0.2) is 0 Å². The van der Waals surface area contributed by atoms with E-state index in [9.17, 15) is 15.2 Å². The maximum atomic E-state index is 11.1. The predicted octanol–water partition coefficient (Wildman–Crippen LogP) is 6.94. The van der Waals surface area contributed by atoms with Crippen LogP contribution in [0.2, 0.25) is 0 Å². The van der Waals surface area contributed by atoms with Crippen LogP contribution in [0.4, 0.5) is 5.69 Å². The van der Waals surface area contributed by atoms with Gasteiger partial charge in [0.1, 0.15) is 5.75 Å². The van der Waals surface area contributed by atoms with Gasteiger partial charge in [-0.1, -0.05) is 66.7 Å². The number of hydrogen-bond acceptors (Lipinski definition) is 3. The lowest BCUT2D eigenvalue weighted by Crippen LogP contribution is -1.91. The van der Waals surface area contributed by atoms with E-state index in [4.69, 9.17) is 0 Å². The van der Waals surface area contributed by atoms with E-state index in [-0.39, 0.29) is 11.4 Å². The first kappa shape index (κ1) is 17.9. The molecule has 0 spiro atoms. The lowest BCUT2D eigenvalue weighted by molar-refractivity contribution is -0.384. The second-order valence-electron chi connectivity index (χ2n) is 7.19. The number of phenols is 1. The molecule has 0 amide bonds. The third-order valence-electron chi connectivity index (χ3n) is 5.48. The molecule has 0 atom stereocenters. The summed E-state index contributed by atoms with van der Waals surface area (Å²) in [7, 11) is 0. The molecule has 4 nitrogen and oxygen atoms in total. The summed E-state index contributed by atoms with van der Waals surface area (Å²) in [6.45, 7) is 0. The molecule has 144 valence electrons. The second kappa shape index (κ2) is 7.01. The molecule has 0 bridgehead atoms. The number of nitro groups is 1. The van der Waals surface area contributed by atoms with E-state index in [0.717, 1.165) is 43.8 Å². The number of nitro benzene ring substituents is 1. The highest BCUT2D eigenvalue weighted by molar-refractivity contribution is 6.12. The van der Waals surface area contributed by atoms with E-state index in [1.807, 2.05) is 66.7 Å². The van der Waals surface area contributed by atoms with E-state index in [0.29, 0.717) is 0 Å². The molecule has 5 aromatic carbocycles. The fraction of sp³-hybridized carbons (Fsp3) is 0. The van der Waals surface area contributed by atoms with Crippen molar-refractivity contribution in [3.05, 3.63) is 107 Å². The first-order chi connectivity index (χ1) is 14.6. The fourth-order valence-electron chi connectivity index (χ4n) is 4.07. The fourth-order valence-corrected chi connectivity index (χ4v) is 4.07. The van der Waals surface area contributed by atoms with Crippen LogP contribution in [0.25, 0.3) is 43.8 Å². The Hall–Kier alpha value is -4.18. The zero-order valence-corrected chi connectivity index (χ0v) is 15.9. The van der Waals surface area contributed by atoms with E-state index in [1.54, 1.807) is 18.2 Å². The Balaban J connectivity index is 1.89. The van der Waals surface area contributed by atoms with Gasteiger partial charge in [0.05, 0.1) is 4.92 Å². The van der Waals surface area contributed by atoms with Crippen molar-refractivity contribution < 1.29 is 10.0 Å². The number of fused-ring (bicyclic) bond motifs is 2. The van der Waals surface area contributed by atoms with Gasteiger partial charge < -0.3 is 5.11 Å². The number of non-ortho nitro benzene ring substituents is 1. The van der Waals surface area contributed by atoms with Crippen LogP contribution in [-0.4, -0.2) is 10.0 Å². The van der Waals surface area contributed by atoms with Crippen LogP contribution in [0.15, 0.2) is 97.1 Å². The van der Waals surface area contributed by atoms with Gasteiger partial charge in [-0.25, -0.2) is 0 Å². The number of nitrogens with zero attached hydrogens (tertiary/aromatic N) is 1. The summed E-state index contributed by atoms with van der Waals surface area (Å²) in [4.78, 5) is 10.7. The summed E-state index contributed by atoms with van der Waals surface area (Å²) >= 11 is 0. The smallest absolute Gasteiger partial charge is 0.269 e. The van der Waals surface area contributed by atoms with Crippen molar-refractivity contribution in [1.29, 1.82) is 0 Å². The Bertz CT molecular complexity index is 1420. The molecule has 0 fully saturated rings. The Morgan fingerprint density at radius 3 is 1.83 bits per heavy atom. The molecule has 0 saturated carbocycles. The van der Waals surface area contributed by atoms with Crippen LogP contribution in [0.3, 0.4) is 0 Å². The van der Waals surface area contributed by atoms with Crippen molar-refractivity contribution >= 4 is 27.2 Å². The molecule has 30 heavy (non-hydrogen) atoms. The minimum absolute atomic E-state index is 0.0501. The quantitative estimate of drug-likeness (QED) is 0.268. The molecule has 0 radical (unpaired) electrons. The van der Waals surface area contributed by atoms with Gasteiger partial charge >= 0.3 is 0 Å². The summed E-state index contributed by atoms with van der Waals surface area (Å²) in [5.74, 6) is 0.202. The zero-order chi connectivity index (χ0) is 20.7. The van der Waals surface area contributed by atoms with Gasteiger partial charge in [-0.05, 0) is 50.9 Å². The molecular weight excluding hydrogens is 374 g/mol. The van der Waals surface area contributed by atoms with E-state index in [2.05, 4.69) is 0 Å². The Kier molecular flexibility index (Phi) is 4.18. The van der Waals surface area contributed by atoms with Gasteiger partial charge in [0.2, 0.25) is 0 Å². The van der Waals surface area contributed by atoms with Crippen molar-refractivity contribution in [2.75, 3.05) is 0 Å². The maximum Gasteiger partial charge on any atom is 0.269 e. The number of aromatic hydroxyl groups is 1. The Morgan fingerprint density at radius 1 is 0.633 bits per heavy atom. The monoisotopic (exact) mass is 391 g/mol. The summed E-state index contributed by atoms with van der Waals surface area (Å²) in [6, 6.07) is 30.2. The summed E-state index contributed by atoms with van der Waals surface area (Å²) in [6.07, 6.45) is 0. The second-order valence-corrected chi connectivity index (χ2v) is 7.19. The minimum Gasteiger partial charge on any atom is -0.507 e. The first-order valence-electron chi connectivity index (χ1n) is 9.61. The van der Waals surface area contributed by atoms with Crippen LogP contribution < -0.4 is 0 Å². The van der Waals surface area contributed by atoms with Crippen LogP contribution in [0.5, 0.6) is 5.75 Å². The summed E-state index contributed by atoms with van der Waals surface area (Å²) in [5, 5.41) is 26.1. The third kappa shape index (κ3) is 2.86. The van der Waals surface area contributed by atoms with Gasteiger partial charge in [-0.3, -0.25) is 10.1 Å². The number of phenolic OH excluding ortho intramolecular Hbond substituents is 1. The van der Waals surface area contributed by atoms with Crippen molar-refractivity contribution in [3.8, 4) is 28.0 Å². The van der Waals surface area contributed by atoms with Crippen LogP contribution in [0.1, 0.15) is 0 Å². The largest absolute Gasteiger partial charge is 0.507 e. The van der Waals surface area contributed by atoms with Gasteiger partial charge in [-0.2, -0.15) is 0 Å². The van der Waals surface area contributed by atoms with E-state index < -0.39 is 4.92 Å². The average Bonchev–Trinajstić information content (AvgIpc) is 2.79. The minimum atomic E-state index is -0.401. The molecule has 0 aliphatic rings. The number of hydrogen-bond donors (Lipinski definition) is 1. The molecule has 0 saturated heterocycles. The molecule has 0 aliphatic carbocycles. The van der Waals surface area contributed by atoms with Crippen molar-refractivity contribution in [1.82, 2.24) is 0 Å². The molecule has 0 heterocycles. The normalized spacial score (nSPS) is 11.1. The van der Waals surface area contributed by atoms with Crippen LogP contribution in [0, 0.1) is 10.1 Å². The van der Waals surface area contributed by atoms with Crippen molar-refractivity contribution in [2.45, 2.75) is 0 Å². The highest BCUT2D eigenvalue weighted by atomic mass is 16.6. The van der Waals surface area contributed by atoms with Gasteiger partial charge in [0, 0.05) is 23.3 Å². The summed E-state index contributed by atoms with van der Waals surface area (Å²) in [5.41, 5.74) is 3.49. The van der Waals surface area contributed by atoms with E-state index >= 15 is 0 Å². The standard InChI is InChI=1S/C26H17NO3/c28-24-16-12-18-6-2-4-8-22(18)26(24)25-21-7-3-1-5-17(21)11-15-23(25)19-9-13-20(14-10-19)27(29)30/h1-16,28H. The zero-order valence-electron chi connectivity index (χ0n) is 15.9. The van der Waals surface area contributed by atoms with Gasteiger partial charge in [-0.15, -0.1) is 0 Å². The SMILES string of the molecule is O=[N+]([O-])c1ccc(-c2ccc3ccccc3c2-c2c(O)ccc3ccccc23)cc1. The lowest BCUT2D eigenvalue weighted by atomic mass is 9.87. The number of benzene rings is 5. The van der Waals surface area contributed by atoms with Crippen molar-refractivity contribution in [3.63, 3.8) is 0 Å². The lowest BCUT2D eigenvalue weighted by Gasteiger charge is -2.17. The van der Waals surface area contributed by atoms with E-state index in [1.165, 1.54) is 12.1 Å². The van der Waals surface area contributed by atoms with Crippen LogP contribution in [-0.2, 0) is 0 Å². The molecule has 1 N–H and O–H groups in total. The molecule has 0 aliphatic heterocycles. The Labute approximate surface area is 172 Å². The summed E-state index contributed by atoms with van der Waals surface area (Å²) < 4.78 is 0.